The van der Waals surface area contributed by atoms with Crippen LogP contribution >= 0.6 is 12.2 Å². The summed E-state index contributed by atoms with van der Waals surface area (Å²) in [6, 6.07) is 24.8. The van der Waals surface area contributed by atoms with Crippen molar-refractivity contribution in [2.75, 3.05) is 5.32 Å². The standard InChI is InChI=1S/C23H22N2O2S/c1-2-17-8-12-20(13-9-17)24-23(28)25-22(26)19-10-14-21(15-11-19)27-16-18-6-4-3-5-7-18/h3-15H,2,16H2,1H3,(H2,24,25,26,28). The van der Waals surface area contributed by atoms with Gasteiger partial charge in [-0.25, -0.2) is 0 Å². The highest BCUT2D eigenvalue weighted by atomic mass is 32.1. The Morgan fingerprint density at radius 1 is 0.893 bits per heavy atom. The second-order valence-electron chi connectivity index (χ2n) is 6.26. The van der Waals surface area contributed by atoms with Crippen molar-refractivity contribution < 1.29 is 9.53 Å². The lowest BCUT2D eigenvalue weighted by molar-refractivity contribution is 0.0977. The molecule has 0 fully saturated rings. The van der Waals surface area contributed by atoms with Crippen molar-refractivity contribution in [3.8, 4) is 5.75 Å². The minimum absolute atomic E-state index is 0.263. The highest BCUT2D eigenvalue weighted by Gasteiger charge is 2.08. The number of amides is 1. The van der Waals surface area contributed by atoms with E-state index in [1.807, 2.05) is 54.6 Å². The van der Waals surface area contributed by atoms with Gasteiger partial charge in [0, 0.05) is 11.3 Å². The van der Waals surface area contributed by atoms with E-state index in [1.165, 1.54) is 5.56 Å². The van der Waals surface area contributed by atoms with Gasteiger partial charge in [0.1, 0.15) is 12.4 Å². The van der Waals surface area contributed by atoms with Crippen LogP contribution in [0.3, 0.4) is 0 Å². The van der Waals surface area contributed by atoms with Crippen LogP contribution in [0.1, 0.15) is 28.4 Å². The summed E-state index contributed by atoms with van der Waals surface area (Å²) in [7, 11) is 0. The molecule has 3 rings (SSSR count). The summed E-state index contributed by atoms with van der Waals surface area (Å²) in [5.74, 6) is 0.439. The lowest BCUT2D eigenvalue weighted by atomic mass is 10.1. The number of ether oxygens (including phenoxy) is 1. The number of benzene rings is 3. The quantitative estimate of drug-likeness (QED) is 0.585. The van der Waals surface area contributed by atoms with Crippen LogP contribution in [0.4, 0.5) is 5.69 Å². The zero-order chi connectivity index (χ0) is 19.8. The molecule has 3 aromatic carbocycles. The van der Waals surface area contributed by atoms with Crippen molar-refractivity contribution in [2.45, 2.75) is 20.0 Å². The van der Waals surface area contributed by atoms with Crippen molar-refractivity contribution in [1.29, 1.82) is 0 Å². The van der Waals surface area contributed by atoms with Crippen LogP contribution in [-0.4, -0.2) is 11.0 Å². The van der Waals surface area contributed by atoms with Gasteiger partial charge in [0.2, 0.25) is 0 Å². The molecule has 0 saturated heterocycles. The van der Waals surface area contributed by atoms with Gasteiger partial charge in [-0.05, 0) is 66.2 Å². The summed E-state index contributed by atoms with van der Waals surface area (Å²) in [4.78, 5) is 12.4. The van der Waals surface area contributed by atoms with E-state index in [2.05, 4.69) is 17.6 Å². The molecule has 4 nitrogen and oxygen atoms in total. The molecular weight excluding hydrogens is 368 g/mol. The summed E-state index contributed by atoms with van der Waals surface area (Å²) in [5, 5.41) is 5.97. The highest BCUT2D eigenvalue weighted by Crippen LogP contribution is 2.15. The molecule has 142 valence electrons. The molecule has 0 radical (unpaired) electrons. The van der Waals surface area contributed by atoms with E-state index < -0.39 is 0 Å². The molecule has 0 saturated carbocycles. The van der Waals surface area contributed by atoms with Gasteiger partial charge >= 0.3 is 0 Å². The third-order valence-electron chi connectivity index (χ3n) is 4.21. The Morgan fingerprint density at radius 2 is 1.57 bits per heavy atom. The normalized spacial score (nSPS) is 10.2. The molecule has 0 unspecified atom stereocenters. The molecule has 0 heterocycles. The van der Waals surface area contributed by atoms with E-state index in [9.17, 15) is 4.79 Å². The lowest BCUT2D eigenvalue weighted by Gasteiger charge is -2.11. The number of nitrogens with one attached hydrogen (secondary N) is 2. The number of carbonyl (C=O) groups excluding carboxylic acids is 1. The van der Waals surface area contributed by atoms with Gasteiger partial charge < -0.3 is 10.1 Å². The molecule has 3 aromatic rings. The number of thiocarbonyl (C=S) groups is 1. The fourth-order valence-corrected chi connectivity index (χ4v) is 2.82. The topological polar surface area (TPSA) is 50.4 Å². The summed E-state index contributed by atoms with van der Waals surface area (Å²) < 4.78 is 5.74. The van der Waals surface area contributed by atoms with E-state index in [1.54, 1.807) is 24.3 Å². The Bertz CT molecular complexity index is 923. The molecule has 5 heteroatoms. The van der Waals surface area contributed by atoms with Crippen LogP contribution in [0.25, 0.3) is 0 Å². The first kappa shape index (κ1) is 19.6. The van der Waals surface area contributed by atoms with Crippen LogP contribution in [0.2, 0.25) is 0 Å². The number of aryl methyl sites for hydroxylation is 1. The smallest absolute Gasteiger partial charge is 0.257 e. The first-order valence-corrected chi connectivity index (χ1v) is 9.53. The number of hydrogen-bond donors (Lipinski definition) is 2. The van der Waals surface area contributed by atoms with Gasteiger partial charge in [-0.15, -0.1) is 0 Å². The first-order valence-electron chi connectivity index (χ1n) is 9.12. The molecule has 0 aromatic heterocycles. The predicted molar refractivity (Wildman–Crippen MR) is 117 cm³/mol. The molecule has 0 aliphatic heterocycles. The maximum Gasteiger partial charge on any atom is 0.257 e. The zero-order valence-corrected chi connectivity index (χ0v) is 16.5. The van der Waals surface area contributed by atoms with Gasteiger partial charge in [0.25, 0.3) is 5.91 Å². The summed E-state index contributed by atoms with van der Waals surface area (Å²) in [5.41, 5.74) is 3.69. The van der Waals surface area contributed by atoms with Crippen molar-refractivity contribution in [2.24, 2.45) is 0 Å². The van der Waals surface area contributed by atoms with Gasteiger partial charge in [0.05, 0.1) is 0 Å². The second kappa shape index (κ2) is 9.67. The van der Waals surface area contributed by atoms with Gasteiger partial charge in [-0.3, -0.25) is 10.1 Å². The monoisotopic (exact) mass is 390 g/mol. The Kier molecular flexibility index (Phi) is 6.76. The van der Waals surface area contributed by atoms with Crippen molar-refractivity contribution in [3.05, 3.63) is 95.6 Å². The summed E-state index contributed by atoms with van der Waals surface area (Å²) >= 11 is 5.23. The van der Waals surface area contributed by atoms with Gasteiger partial charge in [-0.1, -0.05) is 49.4 Å². The van der Waals surface area contributed by atoms with E-state index in [0.717, 1.165) is 17.7 Å². The van der Waals surface area contributed by atoms with Crippen LogP contribution < -0.4 is 15.4 Å². The fourth-order valence-electron chi connectivity index (χ4n) is 2.60. The molecule has 2 N–H and O–H groups in total. The maximum absolute atomic E-state index is 12.4. The predicted octanol–water partition coefficient (Wildman–Crippen LogP) is 4.95. The van der Waals surface area contributed by atoms with E-state index >= 15 is 0 Å². The molecule has 0 aliphatic rings. The molecule has 0 atom stereocenters. The Labute approximate surface area is 170 Å². The largest absolute Gasteiger partial charge is 0.489 e. The lowest BCUT2D eigenvalue weighted by Crippen LogP contribution is -2.34. The minimum atomic E-state index is -0.266. The third kappa shape index (κ3) is 5.66. The third-order valence-corrected chi connectivity index (χ3v) is 4.42. The van der Waals surface area contributed by atoms with E-state index in [4.69, 9.17) is 17.0 Å². The number of rotatable bonds is 6. The Morgan fingerprint density at radius 3 is 2.21 bits per heavy atom. The van der Waals surface area contributed by atoms with Crippen molar-refractivity contribution in [1.82, 2.24) is 5.32 Å². The maximum atomic E-state index is 12.4. The molecule has 0 aliphatic carbocycles. The van der Waals surface area contributed by atoms with Crippen molar-refractivity contribution >= 4 is 28.9 Å². The second-order valence-corrected chi connectivity index (χ2v) is 6.67. The molecule has 1 amide bonds. The van der Waals surface area contributed by atoms with Crippen LogP contribution in [0.15, 0.2) is 78.9 Å². The number of anilines is 1. The van der Waals surface area contributed by atoms with Crippen LogP contribution in [-0.2, 0) is 13.0 Å². The van der Waals surface area contributed by atoms with Crippen molar-refractivity contribution in [3.63, 3.8) is 0 Å². The molecule has 0 bridgehead atoms. The van der Waals surface area contributed by atoms with Gasteiger partial charge in [-0.2, -0.15) is 0 Å². The molecule has 0 spiro atoms. The molecular formula is C23H22N2O2S. The number of hydrogen-bond acceptors (Lipinski definition) is 3. The SMILES string of the molecule is CCc1ccc(NC(=S)NC(=O)c2ccc(OCc3ccccc3)cc2)cc1. The van der Waals surface area contributed by atoms with E-state index in [0.29, 0.717) is 17.9 Å². The Balaban J connectivity index is 1.51. The van der Waals surface area contributed by atoms with Crippen LogP contribution in [0, 0.1) is 0 Å². The minimum Gasteiger partial charge on any atom is -0.489 e. The summed E-state index contributed by atoms with van der Waals surface area (Å²) in [6.45, 7) is 2.59. The average molecular weight is 391 g/mol. The molecule has 28 heavy (non-hydrogen) atoms. The fraction of sp³-hybridized carbons (Fsp3) is 0.130. The number of carbonyl (C=O) groups is 1. The Hall–Kier alpha value is -3.18. The average Bonchev–Trinajstić information content (AvgIpc) is 2.74. The van der Waals surface area contributed by atoms with Gasteiger partial charge in [0.15, 0.2) is 5.11 Å². The zero-order valence-electron chi connectivity index (χ0n) is 15.6. The highest BCUT2D eigenvalue weighted by molar-refractivity contribution is 7.80. The van der Waals surface area contributed by atoms with E-state index in [-0.39, 0.29) is 11.0 Å². The van der Waals surface area contributed by atoms with Crippen LogP contribution in [0.5, 0.6) is 5.75 Å². The summed E-state index contributed by atoms with van der Waals surface area (Å²) in [6.07, 6.45) is 0.979. The first-order chi connectivity index (χ1) is 13.6.